The van der Waals surface area contributed by atoms with Gasteiger partial charge >= 0.3 is 0 Å². The van der Waals surface area contributed by atoms with Gasteiger partial charge in [-0.1, -0.05) is 23.4 Å². The highest BCUT2D eigenvalue weighted by Crippen LogP contribution is 2.34. The first-order valence-corrected chi connectivity index (χ1v) is 9.25. The van der Waals surface area contributed by atoms with Crippen molar-refractivity contribution in [2.45, 2.75) is 35.2 Å². The highest BCUT2D eigenvalue weighted by molar-refractivity contribution is 7.99. The van der Waals surface area contributed by atoms with Crippen molar-refractivity contribution < 1.29 is 0 Å². The van der Waals surface area contributed by atoms with Crippen LogP contribution >= 0.6 is 23.4 Å². The molecule has 3 N–H and O–H groups in total. The Hall–Kier alpha value is -1.90. The number of piperidine rings is 1. The molecule has 130 valence electrons. The Morgan fingerprint density at radius 1 is 1.32 bits per heavy atom. The summed E-state index contributed by atoms with van der Waals surface area (Å²) in [7, 11) is 0. The Labute approximate surface area is 154 Å². The van der Waals surface area contributed by atoms with Gasteiger partial charge in [-0.3, -0.25) is 5.10 Å². The van der Waals surface area contributed by atoms with Crippen LogP contribution in [-0.4, -0.2) is 43.8 Å². The normalized spacial score (nSPS) is 17.2. The molecule has 9 heteroatoms. The standard InChI is InChI=1S/C16H18ClN7S/c1-16(18)4-7-24(8-5-16)11-9-20-12-14(21-11)22-23-15(12)25-10-3-2-6-19-13(10)17/h2-3,6,9H,4-5,7-8,18H2,1H3,(H,21,22,23). The summed E-state index contributed by atoms with van der Waals surface area (Å²) in [6, 6.07) is 3.74. The third-order valence-corrected chi connectivity index (χ3v) is 5.83. The zero-order valence-corrected chi connectivity index (χ0v) is 15.3. The number of rotatable bonds is 3. The zero-order valence-electron chi connectivity index (χ0n) is 13.7. The lowest BCUT2D eigenvalue weighted by atomic mass is 9.91. The number of anilines is 1. The van der Waals surface area contributed by atoms with Gasteiger partial charge in [0.25, 0.3) is 0 Å². The van der Waals surface area contributed by atoms with E-state index in [1.165, 1.54) is 11.8 Å². The predicted molar refractivity (Wildman–Crippen MR) is 99.1 cm³/mol. The topological polar surface area (TPSA) is 96.6 Å². The quantitative estimate of drug-likeness (QED) is 0.679. The maximum Gasteiger partial charge on any atom is 0.177 e. The third-order valence-electron chi connectivity index (χ3n) is 4.39. The molecule has 3 aromatic rings. The molecule has 0 spiro atoms. The second-order valence-corrected chi connectivity index (χ2v) is 7.88. The lowest BCUT2D eigenvalue weighted by Gasteiger charge is -2.37. The van der Waals surface area contributed by atoms with E-state index < -0.39 is 0 Å². The summed E-state index contributed by atoms with van der Waals surface area (Å²) in [6.07, 6.45) is 5.34. The van der Waals surface area contributed by atoms with Crippen LogP contribution in [0.1, 0.15) is 19.8 Å². The van der Waals surface area contributed by atoms with Crippen molar-refractivity contribution in [1.29, 1.82) is 0 Å². The van der Waals surface area contributed by atoms with Gasteiger partial charge in [0.2, 0.25) is 0 Å². The first-order chi connectivity index (χ1) is 12.0. The fourth-order valence-corrected chi connectivity index (χ4v) is 3.86. The van der Waals surface area contributed by atoms with Gasteiger partial charge in [0.1, 0.15) is 16.5 Å². The van der Waals surface area contributed by atoms with Crippen LogP contribution in [0.3, 0.4) is 0 Å². The van der Waals surface area contributed by atoms with Gasteiger partial charge in [0.05, 0.1) is 11.1 Å². The molecule has 25 heavy (non-hydrogen) atoms. The van der Waals surface area contributed by atoms with E-state index in [1.807, 2.05) is 12.1 Å². The molecule has 0 atom stereocenters. The van der Waals surface area contributed by atoms with Crippen molar-refractivity contribution in [2.24, 2.45) is 5.73 Å². The molecule has 3 aromatic heterocycles. The van der Waals surface area contributed by atoms with Crippen LogP contribution in [0.5, 0.6) is 0 Å². The number of fused-ring (bicyclic) bond motifs is 1. The van der Waals surface area contributed by atoms with Gasteiger partial charge in [0.15, 0.2) is 10.7 Å². The number of nitrogens with one attached hydrogen (secondary N) is 1. The number of nitrogens with zero attached hydrogens (tertiary/aromatic N) is 5. The molecule has 0 aliphatic carbocycles. The molecule has 0 saturated carbocycles. The van der Waals surface area contributed by atoms with Crippen LogP contribution in [0, 0.1) is 0 Å². The number of nitrogens with two attached hydrogens (primary N) is 1. The Morgan fingerprint density at radius 2 is 2.12 bits per heavy atom. The second-order valence-electron chi connectivity index (χ2n) is 6.49. The van der Waals surface area contributed by atoms with E-state index in [-0.39, 0.29) is 5.54 Å². The number of hydrogen-bond acceptors (Lipinski definition) is 7. The average molecular weight is 376 g/mol. The number of halogens is 1. The van der Waals surface area contributed by atoms with Crippen molar-refractivity contribution in [1.82, 2.24) is 25.1 Å². The van der Waals surface area contributed by atoms with Crippen LogP contribution < -0.4 is 10.6 Å². The first kappa shape index (κ1) is 16.6. The summed E-state index contributed by atoms with van der Waals surface area (Å²) in [5, 5.41) is 8.48. The Balaban J connectivity index is 1.58. The fraction of sp³-hybridized carbons (Fsp3) is 0.375. The van der Waals surface area contributed by atoms with E-state index in [0.29, 0.717) is 10.8 Å². The Morgan fingerprint density at radius 3 is 2.88 bits per heavy atom. The van der Waals surface area contributed by atoms with E-state index in [4.69, 9.17) is 17.3 Å². The molecular weight excluding hydrogens is 358 g/mol. The van der Waals surface area contributed by atoms with E-state index in [0.717, 1.165) is 47.2 Å². The zero-order chi connectivity index (χ0) is 17.4. The van der Waals surface area contributed by atoms with E-state index in [2.05, 4.69) is 37.0 Å². The highest BCUT2D eigenvalue weighted by Gasteiger charge is 2.27. The maximum absolute atomic E-state index is 6.20. The van der Waals surface area contributed by atoms with Crippen LogP contribution in [0.15, 0.2) is 34.4 Å². The lowest BCUT2D eigenvalue weighted by molar-refractivity contribution is 0.363. The minimum Gasteiger partial charge on any atom is -0.355 e. The van der Waals surface area contributed by atoms with Crippen LogP contribution in [-0.2, 0) is 0 Å². The van der Waals surface area contributed by atoms with E-state index in [1.54, 1.807) is 12.4 Å². The van der Waals surface area contributed by atoms with Crippen molar-refractivity contribution >= 4 is 40.3 Å². The molecule has 0 amide bonds. The van der Waals surface area contributed by atoms with Gasteiger partial charge in [-0.05, 0) is 31.9 Å². The average Bonchev–Trinajstić information content (AvgIpc) is 2.99. The van der Waals surface area contributed by atoms with E-state index >= 15 is 0 Å². The van der Waals surface area contributed by atoms with Crippen molar-refractivity contribution in [3.8, 4) is 0 Å². The Kier molecular flexibility index (Phi) is 4.26. The predicted octanol–water partition coefficient (Wildman–Crippen LogP) is 2.87. The summed E-state index contributed by atoms with van der Waals surface area (Å²) in [6.45, 7) is 3.86. The first-order valence-electron chi connectivity index (χ1n) is 8.05. The molecule has 4 rings (SSSR count). The second kappa shape index (κ2) is 6.44. The number of aromatic nitrogens is 5. The highest BCUT2D eigenvalue weighted by atomic mass is 35.5. The van der Waals surface area contributed by atoms with Gasteiger partial charge < -0.3 is 10.6 Å². The van der Waals surface area contributed by atoms with Crippen molar-refractivity contribution in [2.75, 3.05) is 18.0 Å². The van der Waals surface area contributed by atoms with Gasteiger partial charge in [-0.2, -0.15) is 5.10 Å². The summed E-state index contributed by atoms with van der Waals surface area (Å²) >= 11 is 7.54. The molecule has 1 fully saturated rings. The number of pyridine rings is 1. The van der Waals surface area contributed by atoms with Crippen LogP contribution in [0.25, 0.3) is 11.2 Å². The molecule has 1 saturated heterocycles. The maximum atomic E-state index is 6.20. The van der Waals surface area contributed by atoms with Crippen LogP contribution in [0.4, 0.5) is 5.82 Å². The Bertz CT molecular complexity index is 900. The number of hydrogen-bond donors (Lipinski definition) is 2. The SMILES string of the molecule is CC1(N)CCN(c2cnc3c(Sc4cccnc4Cl)n[nH]c3n2)CC1. The molecule has 1 aliphatic heterocycles. The molecule has 0 bridgehead atoms. The number of aromatic amines is 1. The molecule has 0 radical (unpaired) electrons. The largest absolute Gasteiger partial charge is 0.355 e. The number of H-pyrrole nitrogens is 1. The van der Waals surface area contributed by atoms with Crippen molar-refractivity contribution in [3.63, 3.8) is 0 Å². The molecule has 0 unspecified atom stereocenters. The fourth-order valence-electron chi connectivity index (χ4n) is 2.79. The minimum atomic E-state index is -0.0885. The molecule has 4 heterocycles. The molecule has 7 nitrogen and oxygen atoms in total. The molecule has 1 aliphatic rings. The summed E-state index contributed by atoms with van der Waals surface area (Å²) in [5.41, 5.74) is 7.51. The summed E-state index contributed by atoms with van der Waals surface area (Å²) in [4.78, 5) is 16.4. The molecule has 0 aromatic carbocycles. The van der Waals surface area contributed by atoms with E-state index in [9.17, 15) is 0 Å². The van der Waals surface area contributed by atoms with Gasteiger partial charge in [-0.25, -0.2) is 15.0 Å². The summed E-state index contributed by atoms with van der Waals surface area (Å²) in [5.74, 6) is 0.850. The monoisotopic (exact) mass is 375 g/mol. The molecular formula is C16H18ClN7S. The van der Waals surface area contributed by atoms with Crippen molar-refractivity contribution in [3.05, 3.63) is 29.7 Å². The van der Waals surface area contributed by atoms with Gasteiger partial charge in [-0.15, -0.1) is 0 Å². The lowest BCUT2D eigenvalue weighted by Crippen LogP contribution is -2.48. The minimum absolute atomic E-state index is 0.0885. The smallest absolute Gasteiger partial charge is 0.177 e. The van der Waals surface area contributed by atoms with Crippen LogP contribution in [0.2, 0.25) is 5.15 Å². The van der Waals surface area contributed by atoms with Gasteiger partial charge in [0, 0.05) is 24.8 Å². The summed E-state index contributed by atoms with van der Waals surface area (Å²) < 4.78 is 0. The third kappa shape index (κ3) is 3.42.